The van der Waals surface area contributed by atoms with Crippen molar-refractivity contribution in [3.63, 3.8) is 0 Å². The molecule has 2 rings (SSSR count). The molecule has 1 aliphatic rings. The lowest BCUT2D eigenvalue weighted by Crippen LogP contribution is -2.43. The van der Waals surface area contributed by atoms with Gasteiger partial charge in [0.1, 0.15) is 5.75 Å². The molecule has 0 aromatic heterocycles. The molecule has 1 amide bonds. The van der Waals surface area contributed by atoms with Gasteiger partial charge in [-0.1, -0.05) is 38.8 Å². The van der Waals surface area contributed by atoms with Gasteiger partial charge >= 0.3 is 5.97 Å². The van der Waals surface area contributed by atoms with Crippen LogP contribution in [0, 0.1) is 5.92 Å². The maximum Gasteiger partial charge on any atom is 0.344 e. The van der Waals surface area contributed by atoms with E-state index in [0.29, 0.717) is 11.7 Å². The van der Waals surface area contributed by atoms with Crippen LogP contribution < -0.4 is 10.1 Å². The number of hydrogen-bond acceptors (Lipinski definition) is 4. The maximum absolute atomic E-state index is 11.9. The van der Waals surface area contributed by atoms with Gasteiger partial charge in [0.25, 0.3) is 5.91 Å². The Labute approximate surface area is 143 Å². The molecule has 0 heterocycles. The van der Waals surface area contributed by atoms with Crippen molar-refractivity contribution in [2.75, 3.05) is 13.2 Å². The molecule has 0 aliphatic heterocycles. The average molecular weight is 333 g/mol. The van der Waals surface area contributed by atoms with Gasteiger partial charge in [-0.2, -0.15) is 0 Å². The van der Waals surface area contributed by atoms with Crippen molar-refractivity contribution in [3.8, 4) is 5.75 Å². The highest BCUT2D eigenvalue weighted by Crippen LogP contribution is 2.23. The summed E-state index contributed by atoms with van der Waals surface area (Å²) in [6.07, 6.45) is 5.45. The first-order valence-electron chi connectivity index (χ1n) is 8.75. The first-order valence-corrected chi connectivity index (χ1v) is 8.75. The van der Waals surface area contributed by atoms with Crippen LogP contribution in [0.3, 0.4) is 0 Å². The second kappa shape index (κ2) is 9.30. The lowest BCUT2D eigenvalue weighted by Gasteiger charge is -2.29. The lowest BCUT2D eigenvalue weighted by atomic mass is 9.86. The summed E-state index contributed by atoms with van der Waals surface area (Å²) in [5.74, 6) is 0.313. The normalized spacial score (nSPS) is 20.2. The Morgan fingerprint density at radius 2 is 1.83 bits per heavy atom. The summed E-state index contributed by atoms with van der Waals surface area (Å²) in [6, 6.07) is 7.75. The second-order valence-electron chi connectivity index (χ2n) is 6.38. The Balaban J connectivity index is 1.65. The van der Waals surface area contributed by atoms with Crippen LogP contribution >= 0.6 is 0 Å². The molecule has 2 unspecified atom stereocenters. The summed E-state index contributed by atoms with van der Waals surface area (Å²) < 4.78 is 10.3. The molecule has 0 radical (unpaired) electrons. The van der Waals surface area contributed by atoms with Gasteiger partial charge in [0, 0.05) is 6.04 Å². The Bertz CT molecular complexity index is 541. The van der Waals surface area contributed by atoms with Crippen LogP contribution in [0.1, 0.15) is 45.1 Å². The fourth-order valence-electron chi connectivity index (χ4n) is 2.93. The first kappa shape index (κ1) is 18.3. The first-order chi connectivity index (χ1) is 11.6. The highest BCUT2D eigenvalue weighted by Gasteiger charge is 2.23. The molecule has 24 heavy (non-hydrogen) atoms. The molecule has 0 saturated heterocycles. The molecule has 0 spiro atoms. The summed E-state index contributed by atoms with van der Waals surface area (Å²) in [5.41, 5.74) is 1.21. The van der Waals surface area contributed by atoms with Gasteiger partial charge in [-0.15, -0.1) is 0 Å². The Morgan fingerprint density at radius 3 is 2.50 bits per heavy atom. The number of carbonyl (C=O) groups excluding carboxylic acids is 2. The monoisotopic (exact) mass is 333 g/mol. The molecule has 1 aromatic carbocycles. The van der Waals surface area contributed by atoms with Crippen LogP contribution in [0.25, 0.3) is 0 Å². The largest absolute Gasteiger partial charge is 0.482 e. The van der Waals surface area contributed by atoms with E-state index in [2.05, 4.69) is 19.2 Å². The van der Waals surface area contributed by atoms with Crippen LogP contribution in [0.5, 0.6) is 5.75 Å². The van der Waals surface area contributed by atoms with Crippen LogP contribution in [-0.4, -0.2) is 31.1 Å². The topological polar surface area (TPSA) is 64.6 Å². The fraction of sp³-hybridized carbons (Fsp3) is 0.579. The summed E-state index contributed by atoms with van der Waals surface area (Å²) in [4.78, 5) is 23.6. The molecular weight excluding hydrogens is 306 g/mol. The molecule has 5 heteroatoms. The minimum atomic E-state index is -0.540. The van der Waals surface area contributed by atoms with Crippen LogP contribution in [-0.2, 0) is 20.7 Å². The molecule has 5 nitrogen and oxygen atoms in total. The second-order valence-corrected chi connectivity index (χ2v) is 6.38. The molecule has 132 valence electrons. The van der Waals surface area contributed by atoms with Crippen molar-refractivity contribution in [3.05, 3.63) is 29.8 Å². The zero-order valence-corrected chi connectivity index (χ0v) is 14.5. The van der Waals surface area contributed by atoms with Crippen molar-refractivity contribution >= 4 is 11.9 Å². The van der Waals surface area contributed by atoms with Gasteiger partial charge in [0.2, 0.25) is 0 Å². The summed E-state index contributed by atoms with van der Waals surface area (Å²) in [5, 5.41) is 2.95. The fourth-order valence-corrected chi connectivity index (χ4v) is 2.93. The summed E-state index contributed by atoms with van der Waals surface area (Å²) in [6.45, 7) is 3.78. The number of esters is 1. The van der Waals surface area contributed by atoms with Gasteiger partial charge in [-0.05, 0) is 42.9 Å². The van der Waals surface area contributed by atoms with Crippen molar-refractivity contribution in [2.24, 2.45) is 5.92 Å². The number of nitrogens with one attached hydrogen (secondary N) is 1. The van der Waals surface area contributed by atoms with Crippen LogP contribution in [0.15, 0.2) is 24.3 Å². The third-order valence-corrected chi connectivity index (χ3v) is 4.51. The predicted molar refractivity (Wildman–Crippen MR) is 91.8 cm³/mol. The van der Waals surface area contributed by atoms with E-state index in [1.54, 1.807) is 0 Å². The van der Waals surface area contributed by atoms with Gasteiger partial charge in [-0.25, -0.2) is 4.79 Å². The number of amides is 1. The van der Waals surface area contributed by atoms with Gasteiger partial charge in [0.05, 0.1) is 0 Å². The van der Waals surface area contributed by atoms with Crippen molar-refractivity contribution in [1.82, 2.24) is 5.32 Å². The number of carbonyl (C=O) groups is 2. The highest BCUT2D eigenvalue weighted by molar-refractivity contribution is 5.81. The average Bonchev–Trinajstić information content (AvgIpc) is 2.60. The van der Waals surface area contributed by atoms with Crippen LogP contribution in [0.4, 0.5) is 0 Å². The quantitative estimate of drug-likeness (QED) is 0.779. The minimum absolute atomic E-state index is 0.193. The van der Waals surface area contributed by atoms with E-state index in [-0.39, 0.29) is 25.2 Å². The van der Waals surface area contributed by atoms with Gasteiger partial charge in [0.15, 0.2) is 13.2 Å². The molecule has 1 N–H and O–H groups in total. The third-order valence-electron chi connectivity index (χ3n) is 4.51. The van der Waals surface area contributed by atoms with Gasteiger partial charge < -0.3 is 14.8 Å². The molecule has 1 aromatic rings. The van der Waals surface area contributed by atoms with E-state index in [9.17, 15) is 9.59 Å². The number of rotatable bonds is 7. The number of ether oxygens (including phenoxy) is 2. The predicted octanol–water partition coefficient (Wildman–Crippen LogP) is 2.87. The van der Waals surface area contributed by atoms with E-state index < -0.39 is 5.97 Å². The Morgan fingerprint density at radius 1 is 1.12 bits per heavy atom. The SMILES string of the molecule is CCc1ccc(OCC(=O)OCC(=O)NC2CCCCC2C)cc1. The molecule has 1 aliphatic carbocycles. The molecule has 1 saturated carbocycles. The van der Waals surface area contributed by atoms with Crippen molar-refractivity contribution in [1.29, 1.82) is 0 Å². The van der Waals surface area contributed by atoms with Gasteiger partial charge in [-0.3, -0.25) is 4.79 Å². The highest BCUT2D eigenvalue weighted by atomic mass is 16.6. The molecule has 2 atom stereocenters. The number of aryl methyl sites for hydroxylation is 1. The maximum atomic E-state index is 11.9. The minimum Gasteiger partial charge on any atom is -0.482 e. The Kier molecular flexibility index (Phi) is 7.09. The third kappa shape index (κ3) is 5.87. The van der Waals surface area contributed by atoms with Crippen molar-refractivity contribution in [2.45, 2.75) is 52.0 Å². The van der Waals surface area contributed by atoms with Crippen LogP contribution in [0.2, 0.25) is 0 Å². The molecule has 0 bridgehead atoms. The zero-order valence-electron chi connectivity index (χ0n) is 14.5. The Hall–Kier alpha value is -2.04. The van der Waals surface area contributed by atoms with E-state index >= 15 is 0 Å². The zero-order chi connectivity index (χ0) is 17.4. The summed E-state index contributed by atoms with van der Waals surface area (Å²) >= 11 is 0. The summed E-state index contributed by atoms with van der Waals surface area (Å²) in [7, 11) is 0. The molecule has 1 fully saturated rings. The lowest BCUT2D eigenvalue weighted by molar-refractivity contribution is -0.150. The number of benzene rings is 1. The standard InChI is InChI=1S/C19H27NO4/c1-3-15-8-10-16(11-9-15)23-13-19(22)24-12-18(21)20-17-7-5-4-6-14(17)2/h8-11,14,17H,3-7,12-13H2,1-2H3,(H,20,21). The smallest absolute Gasteiger partial charge is 0.344 e. The number of hydrogen-bond donors (Lipinski definition) is 1. The van der Waals surface area contributed by atoms with E-state index in [1.165, 1.54) is 12.0 Å². The van der Waals surface area contributed by atoms with E-state index in [0.717, 1.165) is 25.7 Å². The van der Waals surface area contributed by atoms with E-state index in [1.807, 2.05) is 24.3 Å². The van der Waals surface area contributed by atoms with Crippen molar-refractivity contribution < 1.29 is 19.1 Å². The molecular formula is C19H27NO4. The van der Waals surface area contributed by atoms with E-state index in [4.69, 9.17) is 9.47 Å².